The number of aliphatic hydroxyl groups excluding tert-OH is 1. The lowest BCUT2D eigenvalue weighted by atomic mass is 9.93. The maximum absolute atomic E-state index is 12.0. The van der Waals surface area contributed by atoms with Crippen LogP contribution in [-0.2, 0) is 9.59 Å². The van der Waals surface area contributed by atoms with Crippen molar-refractivity contribution in [1.29, 1.82) is 0 Å². The Balaban J connectivity index is 4.54. The molecule has 3 N–H and O–H groups in total. The lowest BCUT2D eigenvalue weighted by molar-refractivity contribution is -0.956. The molecule has 0 rings (SSSR count). The lowest BCUT2D eigenvalue weighted by Crippen LogP contribution is -2.61. The molecular weight excluding hydrogens is 634 g/mol. The van der Waals surface area contributed by atoms with Crippen LogP contribution >= 0.6 is 0 Å². The molecule has 0 radical (unpaired) electrons. The highest BCUT2D eigenvalue weighted by Gasteiger charge is 2.41. The number of quaternary nitrogens is 1. The van der Waals surface area contributed by atoms with E-state index in [1.54, 1.807) is 0 Å². The van der Waals surface area contributed by atoms with Crippen LogP contribution < -0.4 is 0 Å². The first kappa shape index (κ1) is 49.3. The van der Waals surface area contributed by atoms with Crippen LogP contribution in [-0.4, -0.2) is 64.0 Å². The van der Waals surface area contributed by atoms with Gasteiger partial charge in [0.1, 0.15) is 6.54 Å². The van der Waals surface area contributed by atoms with Crippen molar-refractivity contribution in [3.63, 3.8) is 0 Å². The predicted molar refractivity (Wildman–Crippen MR) is 218 cm³/mol. The molecule has 0 saturated heterocycles. The zero-order valence-electron chi connectivity index (χ0n) is 34.1. The molecule has 0 aromatic heterocycles. The summed E-state index contributed by atoms with van der Waals surface area (Å²) in [6, 6.07) is -0.380. The fraction of sp³-hybridized carbons (Fsp3) is 0.867. The van der Waals surface area contributed by atoms with Crippen LogP contribution in [0, 0.1) is 0 Å². The number of hydrogen-bond donors (Lipinski definition) is 3. The summed E-state index contributed by atoms with van der Waals surface area (Å²) in [7, 11) is 2.01. The highest BCUT2D eigenvalue weighted by Crippen LogP contribution is 2.29. The van der Waals surface area contributed by atoms with Gasteiger partial charge in [-0.3, -0.25) is 9.59 Å². The van der Waals surface area contributed by atoms with E-state index in [4.69, 9.17) is 0 Å². The third-order valence-corrected chi connectivity index (χ3v) is 11.2. The van der Waals surface area contributed by atoms with E-state index in [9.17, 15) is 24.9 Å². The molecule has 0 aliphatic carbocycles. The standard InChI is InChI=1S/C45H85NO5/c1-4-6-8-10-12-14-16-18-20-22-24-26-28-30-32-34-36-42(40-44(48)49)46(3,38-39-47)43(41-45(50)51)37-35-33-31-29-27-25-23-21-19-17-15-13-11-9-7-5-2/h18-21,42-43,47H,4-17,22-41H2,1-3H3,(H-,48,49,50,51)/p+1/b20-18-,21-19-/t42-,43-/m1/s1. The average molecular weight is 721 g/mol. The van der Waals surface area contributed by atoms with Crippen LogP contribution in [0.1, 0.15) is 219 Å². The van der Waals surface area contributed by atoms with Crippen molar-refractivity contribution in [3.8, 4) is 0 Å². The first-order chi connectivity index (χ1) is 24.8. The second-order valence-corrected chi connectivity index (χ2v) is 15.8. The molecule has 300 valence electrons. The van der Waals surface area contributed by atoms with Crippen molar-refractivity contribution in [2.75, 3.05) is 20.2 Å². The number of carbonyl (C=O) groups is 2. The number of nitrogens with zero attached hydrogens (tertiary/aromatic N) is 1. The minimum Gasteiger partial charge on any atom is -0.481 e. The summed E-state index contributed by atoms with van der Waals surface area (Å²) in [5.74, 6) is -1.67. The third-order valence-electron chi connectivity index (χ3n) is 11.2. The SMILES string of the molecule is CCCCCCCC/C=C\CCCCCCCC[C@H](CC(=O)O)[N+](C)(CCO)[C@H](CCCCCCCC/C=C\CCCCCCCC)CC(=O)O. The molecule has 2 atom stereocenters. The normalized spacial score (nSPS) is 13.4. The molecule has 51 heavy (non-hydrogen) atoms. The number of allylic oxidation sites excluding steroid dienone is 4. The third kappa shape index (κ3) is 30.5. The number of rotatable bonds is 40. The summed E-state index contributed by atoms with van der Waals surface area (Å²) < 4.78 is 0.339. The maximum Gasteiger partial charge on any atom is 0.309 e. The van der Waals surface area contributed by atoms with Crippen molar-refractivity contribution in [3.05, 3.63) is 24.3 Å². The zero-order valence-corrected chi connectivity index (χ0v) is 34.1. The Kier molecular flexibility index (Phi) is 35.5. The van der Waals surface area contributed by atoms with Gasteiger partial charge in [0.2, 0.25) is 0 Å². The molecule has 0 saturated carbocycles. The minimum absolute atomic E-state index is 0.0189. The van der Waals surface area contributed by atoms with Gasteiger partial charge in [-0.2, -0.15) is 0 Å². The molecule has 0 heterocycles. The Bertz CT molecular complexity index is 778. The number of aliphatic hydroxyl groups is 1. The molecule has 0 spiro atoms. The molecule has 0 aromatic rings. The topological polar surface area (TPSA) is 94.8 Å². The van der Waals surface area contributed by atoms with Gasteiger partial charge in [0.25, 0.3) is 0 Å². The number of aliphatic carboxylic acids is 2. The molecule has 0 fully saturated rings. The highest BCUT2D eigenvalue weighted by atomic mass is 16.4. The second-order valence-electron chi connectivity index (χ2n) is 15.8. The van der Waals surface area contributed by atoms with E-state index in [1.807, 2.05) is 7.05 Å². The van der Waals surface area contributed by atoms with Crippen molar-refractivity contribution < 1.29 is 29.4 Å². The van der Waals surface area contributed by atoms with Crippen molar-refractivity contribution in [2.24, 2.45) is 0 Å². The predicted octanol–water partition coefficient (Wildman–Crippen LogP) is 13.0. The van der Waals surface area contributed by atoms with Crippen LogP contribution in [0.4, 0.5) is 0 Å². The zero-order chi connectivity index (χ0) is 37.7. The van der Waals surface area contributed by atoms with E-state index in [0.29, 0.717) is 11.0 Å². The van der Waals surface area contributed by atoms with Crippen LogP contribution in [0.15, 0.2) is 24.3 Å². The van der Waals surface area contributed by atoms with E-state index in [1.165, 1.54) is 128 Å². The number of carboxylic acids is 2. The Morgan fingerprint density at radius 1 is 0.471 bits per heavy atom. The van der Waals surface area contributed by atoms with Crippen molar-refractivity contribution in [2.45, 2.75) is 231 Å². The number of unbranched alkanes of at least 4 members (excludes halogenated alkanes) is 24. The Morgan fingerprint density at radius 3 is 1.02 bits per heavy atom. The van der Waals surface area contributed by atoms with Crippen LogP contribution in [0.3, 0.4) is 0 Å². The Hall–Kier alpha value is -1.66. The van der Waals surface area contributed by atoms with Crippen molar-refractivity contribution in [1.82, 2.24) is 0 Å². The van der Waals surface area contributed by atoms with E-state index >= 15 is 0 Å². The fourth-order valence-electron chi connectivity index (χ4n) is 7.75. The molecule has 0 aliphatic heterocycles. The number of carboxylic acid groups (broad SMARTS) is 2. The van der Waals surface area contributed by atoms with Crippen LogP contribution in [0.25, 0.3) is 0 Å². The van der Waals surface area contributed by atoms with Gasteiger partial charge in [-0.1, -0.05) is 154 Å². The van der Waals surface area contributed by atoms with Gasteiger partial charge in [-0.15, -0.1) is 0 Å². The van der Waals surface area contributed by atoms with E-state index in [-0.39, 0.29) is 31.5 Å². The van der Waals surface area contributed by atoms with Crippen LogP contribution in [0.2, 0.25) is 0 Å². The summed E-state index contributed by atoms with van der Waals surface area (Å²) in [6.45, 7) is 4.86. The average Bonchev–Trinajstić information content (AvgIpc) is 3.10. The van der Waals surface area contributed by atoms with Crippen LogP contribution in [0.5, 0.6) is 0 Å². The molecule has 0 unspecified atom stereocenters. The summed E-state index contributed by atoms with van der Waals surface area (Å²) in [5.41, 5.74) is 0. The van der Waals surface area contributed by atoms with Gasteiger partial charge in [-0.25, -0.2) is 0 Å². The molecular formula is C45H86NO5+. The fourth-order valence-corrected chi connectivity index (χ4v) is 7.75. The molecule has 0 bridgehead atoms. The van der Waals surface area contributed by atoms with E-state index < -0.39 is 11.9 Å². The van der Waals surface area contributed by atoms with Gasteiger partial charge >= 0.3 is 11.9 Å². The van der Waals surface area contributed by atoms with E-state index in [0.717, 1.165) is 64.2 Å². The summed E-state index contributed by atoms with van der Waals surface area (Å²) in [5, 5.41) is 29.8. The van der Waals surface area contributed by atoms with Gasteiger partial charge in [0.15, 0.2) is 0 Å². The smallest absolute Gasteiger partial charge is 0.309 e. The first-order valence-corrected chi connectivity index (χ1v) is 22.0. The molecule has 6 nitrogen and oxygen atoms in total. The monoisotopic (exact) mass is 721 g/mol. The summed E-state index contributed by atoms with van der Waals surface area (Å²) in [6.07, 6.45) is 45.6. The first-order valence-electron chi connectivity index (χ1n) is 22.0. The Morgan fingerprint density at radius 2 is 0.745 bits per heavy atom. The molecule has 0 amide bonds. The molecule has 0 aromatic carbocycles. The number of hydrogen-bond acceptors (Lipinski definition) is 3. The summed E-state index contributed by atoms with van der Waals surface area (Å²) in [4.78, 5) is 24.0. The Labute approximate surface area is 316 Å². The summed E-state index contributed by atoms with van der Waals surface area (Å²) >= 11 is 0. The second kappa shape index (κ2) is 36.7. The quantitative estimate of drug-likeness (QED) is 0.0333. The van der Waals surface area contributed by atoms with Crippen molar-refractivity contribution >= 4 is 11.9 Å². The van der Waals surface area contributed by atoms with E-state index in [2.05, 4.69) is 38.2 Å². The van der Waals surface area contributed by atoms with Gasteiger partial charge in [0.05, 0.1) is 38.6 Å². The minimum atomic E-state index is -0.835. The lowest BCUT2D eigenvalue weighted by Gasteiger charge is -2.47. The molecule has 0 aliphatic rings. The number of likely N-dealkylation sites (N-methyl/N-ethyl adjacent to an activating group) is 1. The highest BCUT2D eigenvalue weighted by molar-refractivity contribution is 5.68. The maximum atomic E-state index is 12.0. The van der Waals surface area contributed by atoms with Gasteiger partial charge in [-0.05, 0) is 64.2 Å². The van der Waals surface area contributed by atoms with Gasteiger partial charge < -0.3 is 19.8 Å². The largest absolute Gasteiger partial charge is 0.481 e. The van der Waals surface area contributed by atoms with Gasteiger partial charge in [0, 0.05) is 12.8 Å². The molecule has 6 heteroatoms.